The number of ether oxygens (including phenoxy) is 1. The maximum absolute atomic E-state index is 5.45. The van der Waals surface area contributed by atoms with Crippen molar-refractivity contribution in [2.45, 2.75) is 42.9 Å². The van der Waals surface area contributed by atoms with E-state index in [-0.39, 0.29) is 0 Å². The Morgan fingerprint density at radius 2 is 2.16 bits per heavy atom. The van der Waals surface area contributed by atoms with E-state index in [1.165, 1.54) is 43.5 Å². The lowest BCUT2D eigenvalue weighted by Gasteiger charge is -2.37. The minimum absolute atomic E-state index is 0.685. The third-order valence-corrected chi connectivity index (χ3v) is 5.77. The maximum Gasteiger partial charge on any atom is 0.122 e. The van der Waals surface area contributed by atoms with Crippen molar-refractivity contribution in [3.63, 3.8) is 0 Å². The van der Waals surface area contributed by atoms with Crippen LogP contribution in [0.15, 0.2) is 24.3 Å². The third kappa shape index (κ3) is 3.09. The van der Waals surface area contributed by atoms with Gasteiger partial charge in [0, 0.05) is 17.8 Å². The van der Waals surface area contributed by atoms with Crippen LogP contribution in [0.3, 0.4) is 0 Å². The van der Waals surface area contributed by atoms with Gasteiger partial charge in [-0.2, -0.15) is 11.8 Å². The third-order valence-electron chi connectivity index (χ3n) is 4.38. The summed E-state index contributed by atoms with van der Waals surface area (Å²) in [5.41, 5.74) is 1.39. The zero-order chi connectivity index (χ0) is 13.1. The summed E-state index contributed by atoms with van der Waals surface area (Å²) in [4.78, 5) is 0. The highest BCUT2D eigenvalue weighted by Crippen LogP contribution is 2.41. The van der Waals surface area contributed by atoms with Crippen molar-refractivity contribution in [2.75, 3.05) is 19.4 Å². The smallest absolute Gasteiger partial charge is 0.122 e. The molecular formula is C16H23NOS. The Morgan fingerprint density at radius 3 is 2.89 bits per heavy atom. The van der Waals surface area contributed by atoms with Crippen LogP contribution in [-0.2, 0) is 0 Å². The van der Waals surface area contributed by atoms with Crippen molar-refractivity contribution >= 4 is 11.8 Å². The molecule has 1 aliphatic carbocycles. The minimum atomic E-state index is 0.685. The number of hydrogen-bond acceptors (Lipinski definition) is 3. The standard InChI is InChI=1S/C16H23NOS/c1-18-16-7-3-2-6-15(16)12-9-13(10-12)17-11-14-5-4-8-19-14/h2-3,6-7,12-14,17H,4-5,8-11H2,1H3. The fourth-order valence-corrected chi connectivity index (χ4v) is 4.36. The van der Waals surface area contributed by atoms with E-state index < -0.39 is 0 Å². The predicted molar refractivity (Wildman–Crippen MR) is 82.2 cm³/mol. The van der Waals surface area contributed by atoms with Gasteiger partial charge in [-0.05, 0) is 49.0 Å². The molecule has 2 fully saturated rings. The van der Waals surface area contributed by atoms with Crippen LogP contribution >= 0.6 is 11.8 Å². The summed E-state index contributed by atoms with van der Waals surface area (Å²) in [5, 5.41) is 4.60. The number of para-hydroxylation sites is 1. The first-order valence-electron chi connectivity index (χ1n) is 7.34. The molecule has 1 aromatic rings. The molecule has 19 heavy (non-hydrogen) atoms. The maximum atomic E-state index is 5.45. The molecule has 3 rings (SSSR count). The number of benzene rings is 1. The van der Waals surface area contributed by atoms with Gasteiger partial charge in [-0.15, -0.1) is 0 Å². The van der Waals surface area contributed by atoms with Gasteiger partial charge in [0.05, 0.1) is 7.11 Å². The molecule has 1 unspecified atom stereocenters. The molecule has 0 amide bonds. The van der Waals surface area contributed by atoms with E-state index in [1.54, 1.807) is 7.11 Å². The Morgan fingerprint density at radius 1 is 1.32 bits per heavy atom. The molecule has 0 aromatic heterocycles. The van der Waals surface area contributed by atoms with Crippen LogP contribution in [0.4, 0.5) is 0 Å². The molecule has 0 radical (unpaired) electrons. The Bertz CT molecular complexity index is 411. The molecule has 0 bridgehead atoms. The number of hydrogen-bond donors (Lipinski definition) is 1. The lowest BCUT2D eigenvalue weighted by Crippen LogP contribution is -2.42. The quantitative estimate of drug-likeness (QED) is 0.891. The summed E-state index contributed by atoms with van der Waals surface area (Å²) in [6.45, 7) is 1.20. The zero-order valence-corrected chi connectivity index (χ0v) is 12.4. The van der Waals surface area contributed by atoms with E-state index in [1.807, 2.05) is 6.07 Å². The largest absolute Gasteiger partial charge is 0.496 e. The van der Waals surface area contributed by atoms with Gasteiger partial charge in [-0.25, -0.2) is 0 Å². The number of nitrogens with one attached hydrogen (secondary N) is 1. The number of thioether (sulfide) groups is 1. The fourth-order valence-electron chi connectivity index (χ4n) is 3.15. The first-order valence-corrected chi connectivity index (χ1v) is 8.39. The van der Waals surface area contributed by atoms with Crippen molar-refractivity contribution < 1.29 is 4.74 Å². The fraction of sp³-hybridized carbons (Fsp3) is 0.625. The lowest BCUT2D eigenvalue weighted by molar-refractivity contribution is 0.284. The van der Waals surface area contributed by atoms with Gasteiger partial charge in [-0.3, -0.25) is 0 Å². The SMILES string of the molecule is COc1ccccc1C1CC(NCC2CCCS2)C1. The van der Waals surface area contributed by atoms with Crippen LogP contribution in [0.25, 0.3) is 0 Å². The van der Waals surface area contributed by atoms with Gasteiger partial charge in [0.2, 0.25) is 0 Å². The Hall–Kier alpha value is -0.670. The van der Waals surface area contributed by atoms with Gasteiger partial charge in [0.15, 0.2) is 0 Å². The van der Waals surface area contributed by atoms with Gasteiger partial charge in [0.1, 0.15) is 5.75 Å². The molecule has 1 atom stereocenters. The second-order valence-corrected chi connectivity index (χ2v) is 7.06. The summed E-state index contributed by atoms with van der Waals surface area (Å²) >= 11 is 2.14. The van der Waals surface area contributed by atoms with E-state index in [4.69, 9.17) is 4.74 Å². The highest BCUT2D eigenvalue weighted by atomic mass is 32.2. The summed E-state index contributed by atoms with van der Waals surface area (Å²) in [7, 11) is 1.77. The molecule has 1 N–H and O–H groups in total. The van der Waals surface area contributed by atoms with Crippen molar-refractivity contribution in [1.29, 1.82) is 0 Å². The summed E-state index contributed by atoms with van der Waals surface area (Å²) in [6.07, 6.45) is 5.33. The Kier molecular flexibility index (Phi) is 4.34. The van der Waals surface area contributed by atoms with Crippen molar-refractivity contribution in [2.24, 2.45) is 0 Å². The average Bonchev–Trinajstić information content (AvgIpc) is 2.90. The van der Waals surface area contributed by atoms with Crippen LogP contribution in [0.5, 0.6) is 5.75 Å². The van der Waals surface area contributed by atoms with Crippen LogP contribution in [0.2, 0.25) is 0 Å². The van der Waals surface area contributed by atoms with Gasteiger partial charge in [0.25, 0.3) is 0 Å². The normalized spacial score (nSPS) is 30.1. The second kappa shape index (κ2) is 6.19. The first kappa shape index (κ1) is 13.3. The van der Waals surface area contributed by atoms with E-state index in [2.05, 4.69) is 35.3 Å². The second-order valence-electron chi connectivity index (χ2n) is 5.65. The average molecular weight is 277 g/mol. The predicted octanol–water partition coefficient (Wildman–Crippen LogP) is 3.43. The molecule has 2 aliphatic rings. The molecule has 0 spiro atoms. The van der Waals surface area contributed by atoms with Gasteiger partial charge in [-0.1, -0.05) is 18.2 Å². The molecule has 2 nitrogen and oxygen atoms in total. The number of methoxy groups -OCH3 is 1. The topological polar surface area (TPSA) is 21.3 Å². The van der Waals surface area contributed by atoms with Gasteiger partial charge >= 0.3 is 0 Å². The monoisotopic (exact) mass is 277 g/mol. The van der Waals surface area contributed by atoms with Crippen LogP contribution in [0.1, 0.15) is 37.2 Å². The summed E-state index contributed by atoms with van der Waals surface area (Å²) in [6, 6.07) is 9.18. The van der Waals surface area contributed by atoms with Crippen molar-refractivity contribution in [3.8, 4) is 5.75 Å². The first-order chi connectivity index (χ1) is 9.36. The molecule has 3 heteroatoms. The summed E-state index contributed by atoms with van der Waals surface area (Å²) < 4.78 is 5.45. The minimum Gasteiger partial charge on any atom is -0.496 e. The van der Waals surface area contributed by atoms with Crippen molar-refractivity contribution in [3.05, 3.63) is 29.8 Å². The molecule has 1 aliphatic heterocycles. The van der Waals surface area contributed by atoms with Crippen LogP contribution in [0, 0.1) is 0 Å². The van der Waals surface area contributed by atoms with Crippen LogP contribution < -0.4 is 10.1 Å². The lowest BCUT2D eigenvalue weighted by atomic mass is 9.75. The highest BCUT2D eigenvalue weighted by molar-refractivity contribution is 8.00. The Labute approximate surface area is 120 Å². The zero-order valence-electron chi connectivity index (χ0n) is 11.6. The van der Waals surface area contributed by atoms with E-state index >= 15 is 0 Å². The molecule has 104 valence electrons. The van der Waals surface area contributed by atoms with E-state index in [0.717, 1.165) is 17.0 Å². The molecular weight excluding hydrogens is 254 g/mol. The molecule has 1 aromatic carbocycles. The van der Waals surface area contributed by atoms with Gasteiger partial charge < -0.3 is 10.1 Å². The molecule has 1 saturated heterocycles. The van der Waals surface area contributed by atoms with Crippen molar-refractivity contribution in [1.82, 2.24) is 5.32 Å². The Balaban J connectivity index is 1.46. The summed E-state index contributed by atoms with van der Waals surface area (Å²) in [5.74, 6) is 3.10. The van der Waals surface area contributed by atoms with Crippen LogP contribution in [-0.4, -0.2) is 30.7 Å². The molecule has 1 saturated carbocycles. The van der Waals surface area contributed by atoms with E-state index in [9.17, 15) is 0 Å². The number of rotatable bonds is 5. The van der Waals surface area contributed by atoms with E-state index in [0.29, 0.717) is 5.92 Å². The molecule has 1 heterocycles. The highest BCUT2D eigenvalue weighted by Gasteiger charge is 2.32.